The summed E-state index contributed by atoms with van der Waals surface area (Å²) in [5.74, 6) is -1.14. The molecule has 1 saturated heterocycles. The third kappa shape index (κ3) is 6.11. The smallest absolute Gasteiger partial charge is 0.243 e. The number of benzene rings is 2. The summed E-state index contributed by atoms with van der Waals surface area (Å²) in [6.07, 6.45) is 1.08. The third-order valence-corrected chi connectivity index (χ3v) is 7.12. The first-order chi connectivity index (χ1) is 14.8. The second-order valence-electron chi connectivity index (χ2n) is 7.59. The Morgan fingerprint density at radius 1 is 1.10 bits per heavy atom. The molecule has 2 amide bonds. The lowest BCUT2D eigenvalue weighted by molar-refractivity contribution is -0.128. The van der Waals surface area contributed by atoms with Crippen LogP contribution in [-0.2, 0) is 26.0 Å². The molecule has 1 fully saturated rings. The number of amides is 2. The number of carbonyl (C=O) groups excluding carboxylic acids is 2. The van der Waals surface area contributed by atoms with Crippen molar-refractivity contribution in [1.29, 1.82) is 0 Å². The van der Waals surface area contributed by atoms with E-state index in [-0.39, 0.29) is 42.3 Å². The van der Waals surface area contributed by atoms with Gasteiger partial charge in [-0.25, -0.2) is 12.8 Å². The van der Waals surface area contributed by atoms with E-state index in [0.29, 0.717) is 18.4 Å². The van der Waals surface area contributed by atoms with Gasteiger partial charge < -0.3 is 10.6 Å². The van der Waals surface area contributed by atoms with Crippen LogP contribution >= 0.6 is 0 Å². The Morgan fingerprint density at radius 3 is 2.39 bits per heavy atom. The number of hydrogen-bond donors (Lipinski definition) is 2. The predicted molar refractivity (Wildman–Crippen MR) is 114 cm³/mol. The van der Waals surface area contributed by atoms with Gasteiger partial charge in [0, 0.05) is 32.5 Å². The Balaban J connectivity index is 1.60. The minimum Gasteiger partial charge on any atom is -0.351 e. The van der Waals surface area contributed by atoms with E-state index in [0.717, 1.165) is 0 Å². The van der Waals surface area contributed by atoms with Crippen molar-refractivity contribution >= 4 is 21.8 Å². The van der Waals surface area contributed by atoms with Crippen LogP contribution in [0.4, 0.5) is 4.39 Å². The van der Waals surface area contributed by atoms with Gasteiger partial charge in [0.1, 0.15) is 11.9 Å². The number of nitrogens with zero attached hydrogens (tertiary/aromatic N) is 1. The van der Waals surface area contributed by atoms with Gasteiger partial charge in [-0.15, -0.1) is 0 Å². The minimum atomic E-state index is -3.56. The molecule has 3 rings (SSSR count). The van der Waals surface area contributed by atoms with Crippen LogP contribution in [0.3, 0.4) is 0 Å². The summed E-state index contributed by atoms with van der Waals surface area (Å²) in [6.45, 7) is 1.90. The zero-order valence-electron chi connectivity index (χ0n) is 17.3. The lowest BCUT2D eigenvalue weighted by atomic mass is 10.0. The van der Waals surface area contributed by atoms with E-state index >= 15 is 0 Å². The number of carbonyl (C=O) groups is 2. The van der Waals surface area contributed by atoms with Gasteiger partial charge in [-0.3, -0.25) is 9.59 Å². The highest BCUT2D eigenvalue weighted by Gasteiger charge is 2.31. The number of rotatable bonds is 7. The summed E-state index contributed by atoms with van der Waals surface area (Å²) in [4.78, 5) is 24.6. The minimum absolute atomic E-state index is 0.157. The molecule has 1 aliphatic heterocycles. The highest BCUT2D eigenvalue weighted by Crippen LogP contribution is 2.20. The van der Waals surface area contributed by atoms with E-state index in [9.17, 15) is 22.4 Å². The molecule has 1 atom stereocenters. The van der Waals surface area contributed by atoms with Crippen molar-refractivity contribution in [3.63, 3.8) is 0 Å². The standard InChI is InChI=1S/C22H26FN3O4S/c1-16(27)24-21(15-17-6-5-7-18(23)14-17)22(28)25-19-10-12-26(13-11-19)31(29,30)20-8-3-2-4-9-20/h2-9,14,19,21H,10-13,15H2,1H3,(H,24,27)(H,25,28). The molecule has 1 aliphatic rings. The highest BCUT2D eigenvalue weighted by atomic mass is 32.2. The maximum Gasteiger partial charge on any atom is 0.243 e. The lowest BCUT2D eigenvalue weighted by Gasteiger charge is -2.32. The Morgan fingerprint density at radius 2 is 1.77 bits per heavy atom. The fourth-order valence-electron chi connectivity index (χ4n) is 3.64. The van der Waals surface area contributed by atoms with E-state index in [1.165, 1.54) is 23.4 Å². The lowest BCUT2D eigenvalue weighted by Crippen LogP contribution is -2.53. The van der Waals surface area contributed by atoms with E-state index < -0.39 is 21.9 Å². The average molecular weight is 448 g/mol. The molecular formula is C22H26FN3O4S. The molecule has 2 aromatic carbocycles. The summed E-state index contributed by atoms with van der Waals surface area (Å²) in [5, 5.41) is 5.51. The summed E-state index contributed by atoms with van der Waals surface area (Å²) in [5.41, 5.74) is 0.595. The molecule has 166 valence electrons. The zero-order valence-corrected chi connectivity index (χ0v) is 18.1. The number of piperidine rings is 1. The van der Waals surface area contributed by atoms with Gasteiger partial charge in [-0.2, -0.15) is 4.31 Å². The summed E-state index contributed by atoms with van der Waals surface area (Å²) in [6, 6.07) is 13.1. The highest BCUT2D eigenvalue weighted by molar-refractivity contribution is 7.89. The molecule has 7 nitrogen and oxygen atoms in total. The summed E-state index contributed by atoms with van der Waals surface area (Å²) >= 11 is 0. The van der Waals surface area contributed by atoms with Gasteiger partial charge in [-0.05, 0) is 42.7 Å². The Bertz CT molecular complexity index is 1020. The van der Waals surface area contributed by atoms with E-state index in [4.69, 9.17) is 0 Å². The van der Waals surface area contributed by atoms with Crippen LogP contribution in [0.15, 0.2) is 59.5 Å². The van der Waals surface area contributed by atoms with Crippen LogP contribution in [0.25, 0.3) is 0 Å². The van der Waals surface area contributed by atoms with Crippen molar-refractivity contribution in [1.82, 2.24) is 14.9 Å². The molecule has 0 saturated carbocycles. The fourth-order valence-corrected chi connectivity index (χ4v) is 5.13. The third-order valence-electron chi connectivity index (χ3n) is 5.20. The van der Waals surface area contributed by atoms with E-state index in [1.807, 2.05) is 0 Å². The van der Waals surface area contributed by atoms with Gasteiger partial charge in [0.2, 0.25) is 21.8 Å². The van der Waals surface area contributed by atoms with Crippen LogP contribution in [-0.4, -0.2) is 49.7 Å². The van der Waals surface area contributed by atoms with Crippen molar-refractivity contribution in [3.8, 4) is 0 Å². The largest absolute Gasteiger partial charge is 0.351 e. The number of nitrogens with one attached hydrogen (secondary N) is 2. The molecule has 1 unspecified atom stereocenters. The Hall–Kier alpha value is -2.78. The molecule has 1 heterocycles. The molecule has 9 heteroatoms. The summed E-state index contributed by atoms with van der Waals surface area (Å²) in [7, 11) is -3.56. The van der Waals surface area contributed by atoms with Crippen LogP contribution in [0, 0.1) is 5.82 Å². The second-order valence-corrected chi connectivity index (χ2v) is 9.53. The van der Waals surface area contributed by atoms with Gasteiger partial charge in [-0.1, -0.05) is 30.3 Å². The first-order valence-corrected chi connectivity index (χ1v) is 11.6. The topological polar surface area (TPSA) is 95.6 Å². The normalized spacial score (nSPS) is 16.5. The van der Waals surface area contributed by atoms with Crippen molar-refractivity contribution in [2.24, 2.45) is 0 Å². The van der Waals surface area contributed by atoms with E-state index in [1.54, 1.807) is 42.5 Å². The van der Waals surface area contributed by atoms with E-state index in [2.05, 4.69) is 10.6 Å². The van der Waals surface area contributed by atoms with Crippen LogP contribution in [0.5, 0.6) is 0 Å². The molecule has 0 aromatic heterocycles. The monoisotopic (exact) mass is 447 g/mol. The Kier molecular flexibility index (Phi) is 7.40. The van der Waals surface area contributed by atoms with Crippen LogP contribution in [0.1, 0.15) is 25.3 Å². The maximum atomic E-state index is 13.5. The Labute approximate surface area is 181 Å². The molecule has 31 heavy (non-hydrogen) atoms. The second kappa shape index (κ2) is 10.0. The average Bonchev–Trinajstić information content (AvgIpc) is 2.74. The molecule has 0 radical (unpaired) electrons. The van der Waals surface area contributed by atoms with Crippen LogP contribution < -0.4 is 10.6 Å². The molecule has 2 aromatic rings. The molecular weight excluding hydrogens is 421 g/mol. The number of halogens is 1. The first-order valence-electron chi connectivity index (χ1n) is 10.1. The van der Waals surface area contributed by atoms with Gasteiger partial charge >= 0.3 is 0 Å². The number of hydrogen-bond acceptors (Lipinski definition) is 4. The molecule has 0 bridgehead atoms. The molecule has 0 aliphatic carbocycles. The number of sulfonamides is 1. The summed E-state index contributed by atoms with van der Waals surface area (Å²) < 4.78 is 40.4. The predicted octanol–water partition coefficient (Wildman–Crippen LogP) is 1.84. The molecule has 2 N–H and O–H groups in total. The SMILES string of the molecule is CC(=O)NC(Cc1cccc(F)c1)C(=O)NC1CCN(S(=O)(=O)c2ccccc2)CC1. The van der Waals surface area contributed by atoms with Gasteiger partial charge in [0.15, 0.2) is 0 Å². The van der Waals surface area contributed by atoms with Crippen molar-refractivity contribution in [3.05, 3.63) is 66.0 Å². The van der Waals surface area contributed by atoms with Crippen molar-refractivity contribution < 1.29 is 22.4 Å². The quantitative estimate of drug-likeness (QED) is 0.677. The van der Waals surface area contributed by atoms with Crippen molar-refractivity contribution in [2.75, 3.05) is 13.1 Å². The van der Waals surface area contributed by atoms with Crippen LogP contribution in [0.2, 0.25) is 0 Å². The maximum absolute atomic E-state index is 13.5. The fraction of sp³-hybridized carbons (Fsp3) is 0.364. The zero-order chi connectivity index (χ0) is 22.4. The van der Waals surface area contributed by atoms with Gasteiger partial charge in [0.25, 0.3) is 0 Å². The van der Waals surface area contributed by atoms with Gasteiger partial charge in [0.05, 0.1) is 4.90 Å². The first kappa shape index (κ1) is 22.9. The van der Waals surface area contributed by atoms with Crippen molar-refractivity contribution in [2.45, 2.75) is 43.2 Å². The molecule has 0 spiro atoms.